The highest BCUT2D eigenvalue weighted by Gasteiger charge is 2.23. The van der Waals surface area contributed by atoms with Crippen LogP contribution in [0.25, 0.3) is 0 Å². The predicted octanol–water partition coefficient (Wildman–Crippen LogP) is 2.20. The molecule has 1 fully saturated rings. The summed E-state index contributed by atoms with van der Waals surface area (Å²) < 4.78 is 0. The Bertz CT molecular complexity index is 428. The van der Waals surface area contributed by atoms with Gasteiger partial charge in [0.1, 0.15) is 0 Å². The number of nitrogens with one attached hydrogen (secondary N) is 1. The molecule has 0 bridgehead atoms. The summed E-state index contributed by atoms with van der Waals surface area (Å²) in [5.74, 6) is 0. The van der Waals surface area contributed by atoms with Crippen molar-refractivity contribution in [3.05, 3.63) is 39.9 Å². The third-order valence-corrected chi connectivity index (χ3v) is 3.45. The van der Waals surface area contributed by atoms with Gasteiger partial charge in [0, 0.05) is 31.3 Å². The van der Waals surface area contributed by atoms with Gasteiger partial charge in [-0.05, 0) is 32.0 Å². The Morgan fingerprint density at radius 1 is 1.53 bits per heavy atom. The molecule has 0 spiro atoms. The van der Waals surface area contributed by atoms with E-state index in [1.54, 1.807) is 18.2 Å². The summed E-state index contributed by atoms with van der Waals surface area (Å²) in [4.78, 5) is 12.8. The highest BCUT2D eigenvalue weighted by molar-refractivity contribution is 5.85. The zero-order chi connectivity index (χ0) is 13.0. The molecule has 1 aromatic rings. The summed E-state index contributed by atoms with van der Waals surface area (Å²) in [6.07, 6.45) is 2.41. The van der Waals surface area contributed by atoms with E-state index < -0.39 is 0 Å². The molecule has 2 rings (SSSR count). The Hall–Kier alpha value is -1.17. The number of halogens is 1. The van der Waals surface area contributed by atoms with Gasteiger partial charge in [-0.1, -0.05) is 12.1 Å². The number of hydrogen-bond acceptors (Lipinski definition) is 4. The Morgan fingerprint density at radius 3 is 3.00 bits per heavy atom. The van der Waals surface area contributed by atoms with Crippen molar-refractivity contribution in [1.82, 2.24) is 10.2 Å². The van der Waals surface area contributed by atoms with Gasteiger partial charge in [0.15, 0.2) is 0 Å². The second-order valence-electron chi connectivity index (χ2n) is 4.75. The monoisotopic (exact) mass is 285 g/mol. The van der Waals surface area contributed by atoms with Crippen LogP contribution < -0.4 is 5.32 Å². The largest absolute Gasteiger partial charge is 0.318 e. The van der Waals surface area contributed by atoms with Crippen molar-refractivity contribution in [3.8, 4) is 0 Å². The quantitative estimate of drug-likeness (QED) is 0.666. The van der Waals surface area contributed by atoms with Gasteiger partial charge in [0.05, 0.1) is 4.92 Å². The summed E-state index contributed by atoms with van der Waals surface area (Å²) >= 11 is 0. The lowest BCUT2D eigenvalue weighted by atomic mass is 10.1. The minimum Gasteiger partial charge on any atom is -0.318 e. The van der Waals surface area contributed by atoms with Crippen molar-refractivity contribution in [3.63, 3.8) is 0 Å². The molecule has 1 atom stereocenters. The van der Waals surface area contributed by atoms with Gasteiger partial charge in [-0.3, -0.25) is 15.0 Å². The minimum absolute atomic E-state index is 0. The van der Waals surface area contributed by atoms with Crippen LogP contribution in [-0.4, -0.2) is 36.0 Å². The molecule has 106 valence electrons. The number of nitrogens with zero attached hydrogens (tertiary/aromatic N) is 2. The molecule has 1 heterocycles. The van der Waals surface area contributed by atoms with E-state index in [4.69, 9.17) is 0 Å². The van der Waals surface area contributed by atoms with Crippen LogP contribution in [0.4, 0.5) is 5.69 Å². The second kappa shape index (κ2) is 7.43. The van der Waals surface area contributed by atoms with E-state index in [1.165, 1.54) is 12.8 Å². The molecule has 0 amide bonds. The maximum absolute atomic E-state index is 10.7. The van der Waals surface area contributed by atoms with Crippen molar-refractivity contribution in [1.29, 1.82) is 0 Å². The molecule has 19 heavy (non-hydrogen) atoms. The van der Waals surface area contributed by atoms with Crippen molar-refractivity contribution in [2.24, 2.45) is 0 Å². The van der Waals surface area contributed by atoms with E-state index in [0.717, 1.165) is 25.2 Å². The lowest BCUT2D eigenvalue weighted by molar-refractivity contribution is -0.384. The number of hydrogen-bond donors (Lipinski definition) is 1. The van der Waals surface area contributed by atoms with Gasteiger partial charge < -0.3 is 5.32 Å². The van der Waals surface area contributed by atoms with Gasteiger partial charge >= 0.3 is 0 Å². The first-order chi connectivity index (χ1) is 8.70. The average Bonchev–Trinajstić information content (AvgIpc) is 2.77. The first kappa shape index (κ1) is 15.9. The first-order valence-corrected chi connectivity index (χ1v) is 6.32. The SMILES string of the molecule is CNCC1CCCN1Cc1cccc([N+](=O)[O-])c1.Cl. The fraction of sp³-hybridized carbons (Fsp3) is 0.538. The van der Waals surface area contributed by atoms with Crippen LogP contribution in [-0.2, 0) is 6.54 Å². The molecule has 1 saturated heterocycles. The molecule has 0 radical (unpaired) electrons. The van der Waals surface area contributed by atoms with Gasteiger partial charge in [-0.25, -0.2) is 0 Å². The number of likely N-dealkylation sites (tertiary alicyclic amines) is 1. The number of non-ortho nitro benzene ring substituents is 1. The van der Waals surface area contributed by atoms with Crippen molar-refractivity contribution < 1.29 is 4.92 Å². The Balaban J connectivity index is 0.00000180. The lowest BCUT2D eigenvalue weighted by Gasteiger charge is -2.24. The minimum atomic E-state index is -0.335. The number of nitro benzene ring substituents is 1. The summed E-state index contributed by atoms with van der Waals surface area (Å²) in [6.45, 7) is 2.86. The van der Waals surface area contributed by atoms with Crippen molar-refractivity contribution in [2.45, 2.75) is 25.4 Å². The maximum atomic E-state index is 10.7. The Morgan fingerprint density at radius 2 is 2.32 bits per heavy atom. The summed E-state index contributed by atoms with van der Waals surface area (Å²) in [7, 11) is 1.96. The molecule has 1 aliphatic heterocycles. The second-order valence-corrected chi connectivity index (χ2v) is 4.75. The molecule has 1 aromatic carbocycles. The predicted molar refractivity (Wildman–Crippen MR) is 77.7 cm³/mol. The zero-order valence-corrected chi connectivity index (χ0v) is 11.9. The molecule has 6 heteroatoms. The highest BCUT2D eigenvalue weighted by atomic mass is 35.5. The van der Waals surface area contributed by atoms with Gasteiger partial charge in [0.2, 0.25) is 0 Å². The molecule has 5 nitrogen and oxygen atoms in total. The third-order valence-electron chi connectivity index (χ3n) is 3.45. The lowest BCUT2D eigenvalue weighted by Crippen LogP contribution is -2.36. The van der Waals surface area contributed by atoms with Gasteiger partial charge in [-0.2, -0.15) is 0 Å². The number of nitro groups is 1. The van der Waals surface area contributed by atoms with E-state index in [2.05, 4.69) is 10.2 Å². The van der Waals surface area contributed by atoms with Crippen LogP contribution in [0.5, 0.6) is 0 Å². The van der Waals surface area contributed by atoms with E-state index >= 15 is 0 Å². The van der Waals surface area contributed by atoms with E-state index in [9.17, 15) is 10.1 Å². The molecule has 0 aliphatic carbocycles. The topological polar surface area (TPSA) is 58.4 Å². The van der Waals surface area contributed by atoms with Crippen LogP contribution in [0.15, 0.2) is 24.3 Å². The van der Waals surface area contributed by atoms with Gasteiger partial charge in [0.25, 0.3) is 5.69 Å². The molecule has 0 saturated carbocycles. The summed E-state index contributed by atoms with van der Waals surface area (Å²) in [5, 5.41) is 13.9. The molecular weight excluding hydrogens is 266 g/mol. The van der Waals surface area contributed by atoms with Gasteiger partial charge in [-0.15, -0.1) is 12.4 Å². The van der Waals surface area contributed by atoms with E-state index in [0.29, 0.717) is 6.04 Å². The molecular formula is C13H20ClN3O2. The number of rotatable bonds is 5. The maximum Gasteiger partial charge on any atom is 0.269 e. The highest BCUT2D eigenvalue weighted by Crippen LogP contribution is 2.21. The first-order valence-electron chi connectivity index (χ1n) is 6.32. The van der Waals surface area contributed by atoms with Crippen LogP contribution >= 0.6 is 12.4 Å². The zero-order valence-electron chi connectivity index (χ0n) is 11.0. The van der Waals surface area contributed by atoms with Crippen LogP contribution in [0.1, 0.15) is 18.4 Å². The molecule has 0 aromatic heterocycles. The Kier molecular flexibility index (Phi) is 6.21. The third kappa shape index (κ3) is 4.16. The van der Waals surface area contributed by atoms with Crippen molar-refractivity contribution >= 4 is 18.1 Å². The van der Waals surface area contributed by atoms with Crippen LogP contribution in [0.2, 0.25) is 0 Å². The average molecular weight is 286 g/mol. The fourth-order valence-electron chi connectivity index (χ4n) is 2.57. The summed E-state index contributed by atoms with van der Waals surface area (Å²) in [5.41, 5.74) is 1.20. The summed E-state index contributed by atoms with van der Waals surface area (Å²) in [6, 6.07) is 7.49. The fourth-order valence-corrected chi connectivity index (χ4v) is 2.57. The number of likely N-dealkylation sites (N-methyl/N-ethyl adjacent to an activating group) is 1. The molecule has 1 unspecified atom stereocenters. The smallest absolute Gasteiger partial charge is 0.269 e. The van der Waals surface area contributed by atoms with Crippen molar-refractivity contribution in [2.75, 3.05) is 20.1 Å². The Labute approximate surface area is 119 Å². The van der Waals surface area contributed by atoms with Crippen LogP contribution in [0, 0.1) is 10.1 Å². The van der Waals surface area contributed by atoms with E-state index in [1.807, 2.05) is 13.1 Å². The molecule has 1 N–H and O–H groups in total. The van der Waals surface area contributed by atoms with E-state index in [-0.39, 0.29) is 23.0 Å². The standard InChI is InChI=1S/C13H19N3O2.ClH/c1-14-9-13-6-3-7-15(13)10-11-4-2-5-12(8-11)16(17)18;/h2,4-5,8,13-14H,3,6-7,9-10H2,1H3;1H. The number of benzene rings is 1. The normalized spacial score (nSPS) is 19.1. The van der Waals surface area contributed by atoms with Crippen LogP contribution in [0.3, 0.4) is 0 Å². The molecule has 1 aliphatic rings.